The molecule has 6 heteroatoms. The molecule has 1 aliphatic rings. The number of rotatable bonds is 1. The number of hydrogen-bond acceptors (Lipinski definition) is 4. The second kappa shape index (κ2) is 8.18. The van der Waals surface area contributed by atoms with Crippen LogP contribution in [0.3, 0.4) is 0 Å². The van der Waals surface area contributed by atoms with E-state index in [1.54, 1.807) is 11.3 Å². The molecule has 3 rings (SSSR count). The summed E-state index contributed by atoms with van der Waals surface area (Å²) in [4.78, 5) is 20.8. The van der Waals surface area contributed by atoms with E-state index in [0.29, 0.717) is 6.54 Å². The van der Waals surface area contributed by atoms with Crippen molar-refractivity contribution in [3.8, 4) is 11.8 Å². The quantitative estimate of drug-likeness (QED) is 0.733. The lowest BCUT2D eigenvalue weighted by atomic mass is 10.1. The van der Waals surface area contributed by atoms with Crippen molar-refractivity contribution in [2.45, 2.75) is 19.9 Å². The number of anilines is 1. The van der Waals surface area contributed by atoms with Crippen LogP contribution in [0.15, 0.2) is 35.8 Å². The summed E-state index contributed by atoms with van der Waals surface area (Å²) in [5, 5.41) is 3.00. The third kappa shape index (κ3) is 4.28. The van der Waals surface area contributed by atoms with Gasteiger partial charge in [0.1, 0.15) is 0 Å². The molecule has 1 aromatic carbocycles. The zero-order valence-corrected chi connectivity index (χ0v) is 15.4. The van der Waals surface area contributed by atoms with Crippen molar-refractivity contribution in [3.63, 3.8) is 0 Å². The maximum Gasteiger partial charge on any atom is 0.299 e. The standard InChI is InChI=1S/C18H19N3OS.ClH/c1-14-4-3-5-16(12-14)6-7-17(22)21-10-9-20(13-15(21)2)18-19-8-11-23-18;/h3-5,8,11-12,15H,9-10,13H2,1-2H3;1H. The minimum absolute atomic E-state index is 0. The Kier molecular flexibility index (Phi) is 6.24. The zero-order valence-electron chi connectivity index (χ0n) is 13.7. The SMILES string of the molecule is Cc1cccc(C#CC(=O)N2CCN(c3nccs3)CC2C)c1.Cl. The van der Waals surface area contributed by atoms with Crippen LogP contribution >= 0.6 is 23.7 Å². The molecule has 0 aliphatic carbocycles. The lowest BCUT2D eigenvalue weighted by Gasteiger charge is -2.38. The Hall–Kier alpha value is -2.03. The van der Waals surface area contributed by atoms with Crippen LogP contribution in [0.5, 0.6) is 0 Å². The summed E-state index contributed by atoms with van der Waals surface area (Å²) in [5.41, 5.74) is 2.03. The average molecular weight is 362 g/mol. The zero-order chi connectivity index (χ0) is 16.2. The first-order chi connectivity index (χ1) is 11.1. The third-order valence-electron chi connectivity index (χ3n) is 3.91. The molecular formula is C18H20ClN3OS. The normalized spacial score (nSPS) is 16.8. The summed E-state index contributed by atoms with van der Waals surface area (Å²) in [6.45, 7) is 6.36. The lowest BCUT2D eigenvalue weighted by molar-refractivity contribution is -0.127. The monoisotopic (exact) mass is 361 g/mol. The molecule has 0 N–H and O–H groups in total. The molecule has 1 fully saturated rings. The number of carbonyl (C=O) groups is 1. The molecule has 2 heterocycles. The van der Waals surface area contributed by atoms with E-state index in [9.17, 15) is 4.79 Å². The molecule has 1 unspecified atom stereocenters. The van der Waals surface area contributed by atoms with Crippen LogP contribution < -0.4 is 4.90 Å². The van der Waals surface area contributed by atoms with E-state index in [0.717, 1.165) is 29.3 Å². The van der Waals surface area contributed by atoms with Crippen LogP contribution in [0.25, 0.3) is 0 Å². The number of aryl methyl sites for hydroxylation is 1. The Morgan fingerprint density at radius 1 is 1.38 bits per heavy atom. The summed E-state index contributed by atoms with van der Waals surface area (Å²) >= 11 is 1.63. The van der Waals surface area contributed by atoms with Crippen LogP contribution in [-0.2, 0) is 4.79 Å². The predicted molar refractivity (Wildman–Crippen MR) is 101 cm³/mol. The van der Waals surface area contributed by atoms with Gasteiger partial charge in [0, 0.05) is 48.7 Å². The van der Waals surface area contributed by atoms with E-state index < -0.39 is 0 Å². The molecule has 24 heavy (non-hydrogen) atoms. The molecule has 4 nitrogen and oxygen atoms in total. The van der Waals surface area contributed by atoms with Crippen molar-refractivity contribution in [2.75, 3.05) is 24.5 Å². The Morgan fingerprint density at radius 2 is 2.21 bits per heavy atom. The maximum absolute atomic E-state index is 12.4. The smallest absolute Gasteiger partial charge is 0.299 e. The predicted octanol–water partition coefficient (Wildman–Crippen LogP) is 2.96. The van der Waals surface area contributed by atoms with Gasteiger partial charge in [-0.2, -0.15) is 0 Å². The Labute approximate surface area is 152 Å². The molecule has 0 bridgehead atoms. The van der Waals surface area contributed by atoms with E-state index in [1.165, 1.54) is 0 Å². The summed E-state index contributed by atoms with van der Waals surface area (Å²) in [6.07, 6.45) is 1.81. The van der Waals surface area contributed by atoms with Crippen molar-refractivity contribution in [1.82, 2.24) is 9.88 Å². The van der Waals surface area contributed by atoms with Crippen LogP contribution in [0.2, 0.25) is 0 Å². The van der Waals surface area contributed by atoms with Gasteiger partial charge in [-0.1, -0.05) is 18.1 Å². The summed E-state index contributed by atoms with van der Waals surface area (Å²) in [5.74, 6) is 5.66. The average Bonchev–Trinajstić information content (AvgIpc) is 3.07. The van der Waals surface area contributed by atoms with Crippen molar-refractivity contribution >= 4 is 34.8 Å². The molecule has 1 atom stereocenters. The minimum atomic E-state index is -0.0993. The van der Waals surface area contributed by atoms with E-state index in [1.807, 2.05) is 47.7 Å². The van der Waals surface area contributed by atoms with Gasteiger partial charge in [0.05, 0.1) is 0 Å². The fourth-order valence-electron chi connectivity index (χ4n) is 2.73. The summed E-state index contributed by atoms with van der Waals surface area (Å²) < 4.78 is 0. The Bertz CT molecular complexity index is 751. The number of hydrogen-bond donors (Lipinski definition) is 0. The van der Waals surface area contributed by atoms with Gasteiger partial charge in [-0.15, -0.1) is 23.7 Å². The number of thiazole rings is 1. The first-order valence-corrected chi connectivity index (χ1v) is 8.55. The first-order valence-electron chi connectivity index (χ1n) is 7.67. The van der Waals surface area contributed by atoms with Crippen molar-refractivity contribution in [1.29, 1.82) is 0 Å². The fraction of sp³-hybridized carbons (Fsp3) is 0.333. The highest BCUT2D eigenvalue weighted by Crippen LogP contribution is 2.21. The van der Waals surface area contributed by atoms with Gasteiger partial charge >= 0.3 is 0 Å². The number of carbonyl (C=O) groups excluding carboxylic acids is 1. The van der Waals surface area contributed by atoms with E-state index >= 15 is 0 Å². The number of halogens is 1. The Morgan fingerprint density at radius 3 is 2.88 bits per heavy atom. The van der Waals surface area contributed by atoms with Crippen LogP contribution in [0.4, 0.5) is 5.13 Å². The van der Waals surface area contributed by atoms with Gasteiger partial charge < -0.3 is 9.80 Å². The van der Waals surface area contributed by atoms with Crippen molar-refractivity contribution in [2.24, 2.45) is 0 Å². The number of nitrogens with zero attached hydrogens (tertiary/aromatic N) is 3. The molecule has 126 valence electrons. The second-order valence-electron chi connectivity index (χ2n) is 5.73. The Balaban J connectivity index is 0.00000208. The highest BCUT2D eigenvalue weighted by atomic mass is 35.5. The van der Waals surface area contributed by atoms with Crippen LogP contribution in [0.1, 0.15) is 18.1 Å². The molecule has 1 amide bonds. The lowest BCUT2D eigenvalue weighted by Crippen LogP contribution is -2.53. The maximum atomic E-state index is 12.4. The van der Waals surface area contributed by atoms with Crippen molar-refractivity contribution < 1.29 is 4.79 Å². The highest BCUT2D eigenvalue weighted by Gasteiger charge is 2.27. The topological polar surface area (TPSA) is 36.4 Å². The van der Waals surface area contributed by atoms with Crippen LogP contribution in [0, 0.1) is 18.8 Å². The molecule has 2 aromatic rings. The van der Waals surface area contributed by atoms with Gasteiger partial charge in [-0.25, -0.2) is 4.98 Å². The van der Waals surface area contributed by atoms with Crippen molar-refractivity contribution in [3.05, 3.63) is 47.0 Å². The van der Waals surface area contributed by atoms with E-state index in [4.69, 9.17) is 0 Å². The molecule has 1 aliphatic heterocycles. The first kappa shape index (κ1) is 18.3. The third-order valence-corrected chi connectivity index (χ3v) is 4.74. The van der Waals surface area contributed by atoms with Gasteiger partial charge in [0.15, 0.2) is 5.13 Å². The van der Waals surface area contributed by atoms with Gasteiger partial charge in [0.25, 0.3) is 5.91 Å². The van der Waals surface area contributed by atoms with Crippen LogP contribution in [-0.4, -0.2) is 41.5 Å². The van der Waals surface area contributed by atoms with Gasteiger partial charge in [-0.3, -0.25) is 4.79 Å². The summed E-state index contributed by atoms with van der Waals surface area (Å²) in [6, 6.07) is 8.03. The van der Waals surface area contributed by atoms with Gasteiger partial charge in [0.2, 0.25) is 0 Å². The number of piperazine rings is 1. The minimum Gasteiger partial charge on any atom is -0.344 e. The van der Waals surface area contributed by atoms with E-state index in [-0.39, 0.29) is 24.4 Å². The largest absolute Gasteiger partial charge is 0.344 e. The second-order valence-corrected chi connectivity index (χ2v) is 6.60. The molecule has 1 aromatic heterocycles. The molecule has 0 spiro atoms. The number of aromatic nitrogens is 1. The molecule has 0 radical (unpaired) electrons. The fourth-order valence-corrected chi connectivity index (χ4v) is 3.41. The highest BCUT2D eigenvalue weighted by molar-refractivity contribution is 7.13. The summed E-state index contributed by atoms with van der Waals surface area (Å²) in [7, 11) is 0. The van der Waals surface area contributed by atoms with E-state index in [2.05, 4.69) is 28.6 Å². The molecule has 1 saturated heterocycles. The number of benzene rings is 1. The molecule has 0 saturated carbocycles. The van der Waals surface area contributed by atoms with Gasteiger partial charge in [-0.05, 0) is 31.5 Å². The number of amides is 1. The molecular weight excluding hydrogens is 342 g/mol.